The molecule has 3 rings (SSSR count). The van der Waals surface area contributed by atoms with Gasteiger partial charge in [-0.3, -0.25) is 9.59 Å². The highest BCUT2D eigenvalue weighted by molar-refractivity contribution is 6.06. The number of anilines is 2. The molecule has 0 saturated carbocycles. The van der Waals surface area contributed by atoms with Crippen LogP contribution in [0, 0.1) is 0 Å². The zero-order chi connectivity index (χ0) is 18.4. The van der Waals surface area contributed by atoms with Gasteiger partial charge >= 0.3 is 0 Å². The molecular formula is C21H25N3O2. The number of para-hydroxylation sites is 1. The number of carbonyl (C=O) groups is 2. The fourth-order valence-electron chi connectivity index (χ4n) is 3.16. The minimum absolute atomic E-state index is 0.0813. The molecule has 2 aromatic carbocycles. The number of nitrogens with zero attached hydrogens (tertiary/aromatic N) is 2. The first kappa shape index (κ1) is 18.0. The number of carbonyl (C=O) groups excluding carboxylic acids is 2. The van der Waals surface area contributed by atoms with Crippen LogP contribution in [0.5, 0.6) is 0 Å². The summed E-state index contributed by atoms with van der Waals surface area (Å²) in [7, 11) is 1.76. The van der Waals surface area contributed by atoms with E-state index in [9.17, 15) is 9.59 Å². The van der Waals surface area contributed by atoms with Gasteiger partial charge in [-0.2, -0.15) is 0 Å². The summed E-state index contributed by atoms with van der Waals surface area (Å²) in [5, 5.41) is 3.15. The third-order valence-corrected chi connectivity index (χ3v) is 4.71. The molecule has 5 nitrogen and oxygen atoms in total. The number of benzene rings is 2. The van der Waals surface area contributed by atoms with Crippen molar-refractivity contribution in [1.29, 1.82) is 0 Å². The third-order valence-electron chi connectivity index (χ3n) is 4.71. The van der Waals surface area contributed by atoms with Gasteiger partial charge < -0.3 is 15.1 Å². The van der Waals surface area contributed by atoms with Gasteiger partial charge in [-0.1, -0.05) is 24.3 Å². The van der Waals surface area contributed by atoms with Crippen molar-refractivity contribution in [2.75, 3.05) is 36.9 Å². The van der Waals surface area contributed by atoms with E-state index in [4.69, 9.17) is 0 Å². The number of nitrogens with one attached hydrogen (secondary N) is 1. The molecule has 0 bridgehead atoms. The molecule has 1 aliphatic heterocycles. The Balaban J connectivity index is 1.62. The van der Waals surface area contributed by atoms with Crippen LogP contribution in [0.3, 0.4) is 0 Å². The number of amides is 2. The van der Waals surface area contributed by atoms with Crippen LogP contribution in [0.2, 0.25) is 0 Å². The molecule has 0 aliphatic carbocycles. The Hall–Kier alpha value is -2.82. The van der Waals surface area contributed by atoms with Crippen LogP contribution in [-0.2, 0) is 4.79 Å². The van der Waals surface area contributed by atoms with Crippen LogP contribution >= 0.6 is 0 Å². The Morgan fingerprint density at radius 1 is 1.00 bits per heavy atom. The molecule has 1 fully saturated rings. The van der Waals surface area contributed by atoms with Crippen LogP contribution in [0.1, 0.15) is 29.6 Å². The lowest BCUT2D eigenvalue weighted by Crippen LogP contribution is -2.39. The second kappa shape index (κ2) is 8.52. The minimum Gasteiger partial charge on any atom is -0.376 e. The summed E-state index contributed by atoms with van der Waals surface area (Å²) in [5.41, 5.74) is 2.21. The van der Waals surface area contributed by atoms with Crippen LogP contribution in [0.4, 0.5) is 11.4 Å². The van der Waals surface area contributed by atoms with Crippen molar-refractivity contribution < 1.29 is 9.59 Å². The predicted molar refractivity (Wildman–Crippen MR) is 105 cm³/mol. The summed E-state index contributed by atoms with van der Waals surface area (Å²) >= 11 is 0. The molecule has 5 heteroatoms. The van der Waals surface area contributed by atoms with Crippen molar-refractivity contribution in [2.45, 2.75) is 19.3 Å². The Labute approximate surface area is 154 Å². The first-order valence-corrected chi connectivity index (χ1v) is 9.10. The molecule has 0 unspecified atom stereocenters. The van der Waals surface area contributed by atoms with E-state index in [1.54, 1.807) is 24.1 Å². The maximum atomic E-state index is 12.7. The summed E-state index contributed by atoms with van der Waals surface area (Å²) in [4.78, 5) is 28.5. The van der Waals surface area contributed by atoms with E-state index in [0.29, 0.717) is 5.56 Å². The standard InChI is InChI=1S/C21H25N3O2/c1-23(19-11-4-2-5-12-19)21(26)17-9-8-10-18(15-17)22-16-20(25)24-13-6-3-7-14-24/h2,4-5,8-12,15,22H,3,6-7,13-14,16H2,1H3. The predicted octanol–water partition coefficient (Wildman–Crippen LogP) is 3.39. The second-order valence-electron chi connectivity index (χ2n) is 6.58. The molecule has 0 radical (unpaired) electrons. The summed E-state index contributed by atoms with van der Waals surface area (Å²) in [6, 6.07) is 16.8. The molecule has 26 heavy (non-hydrogen) atoms. The molecule has 136 valence electrons. The van der Waals surface area contributed by atoms with Crippen molar-refractivity contribution in [3.8, 4) is 0 Å². The molecule has 1 saturated heterocycles. The highest BCUT2D eigenvalue weighted by Gasteiger charge is 2.17. The minimum atomic E-state index is -0.0813. The lowest BCUT2D eigenvalue weighted by Gasteiger charge is -2.27. The third kappa shape index (κ3) is 4.42. The van der Waals surface area contributed by atoms with Crippen molar-refractivity contribution in [3.05, 3.63) is 60.2 Å². The summed E-state index contributed by atoms with van der Waals surface area (Å²) in [5.74, 6) is 0.0324. The zero-order valence-electron chi connectivity index (χ0n) is 15.1. The number of likely N-dealkylation sites (tertiary alicyclic amines) is 1. The van der Waals surface area contributed by atoms with Gasteiger partial charge in [-0.05, 0) is 49.6 Å². The van der Waals surface area contributed by atoms with Crippen molar-refractivity contribution in [1.82, 2.24) is 4.90 Å². The van der Waals surface area contributed by atoms with E-state index < -0.39 is 0 Å². The van der Waals surface area contributed by atoms with Gasteiger partial charge in [0.25, 0.3) is 5.91 Å². The van der Waals surface area contributed by atoms with Crippen LogP contribution in [0.25, 0.3) is 0 Å². The molecule has 2 amide bonds. The number of piperidine rings is 1. The van der Waals surface area contributed by atoms with E-state index in [0.717, 1.165) is 37.3 Å². The van der Waals surface area contributed by atoms with Crippen LogP contribution in [-0.4, -0.2) is 43.4 Å². The average molecular weight is 351 g/mol. The molecule has 0 atom stereocenters. The highest BCUT2D eigenvalue weighted by Crippen LogP contribution is 2.17. The zero-order valence-corrected chi connectivity index (χ0v) is 15.1. The lowest BCUT2D eigenvalue weighted by atomic mass is 10.1. The van der Waals surface area contributed by atoms with Crippen LogP contribution in [0.15, 0.2) is 54.6 Å². The lowest BCUT2D eigenvalue weighted by molar-refractivity contribution is -0.130. The molecule has 1 heterocycles. The largest absolute Gasteiger partial charge is 0.376 e. The van der Waals surface area contributed by atoms with Crippen molar-refractivity contribution in [2.24, 2.45) is 0 Å². The summed E-state index contributed by atoms with van der Waals surface area (Å²) < 4.78 is 0. The Kier molecular flexibility index (Phi) is 5.89. The monoisotopic (exact) mass is 351 g/mol. The first-order valence-electron chi connectivity index (χ1n) is 9.10. The van der Waals surface area contributed by atoms with E-state index >= 15 is 0 Å². The summed E-state index contributed by atoms with van der Waals surface area (Å²) in [6.45, 7) is 1.95. The summed E-state index contributed by atoms with van der Waals surface area (Å²) in [6.07, 6.45) is 3.37. The van der Waals surface area contributed by atoms with Gasteiger partial charge in [0.2, 0.25) is 5.91 Å². The van der Waals surface area contributed by atoms with Crippen molar-refractivity contribution >= 4 is 23.2 Å². The second-order valence-corrected chi connectivity index (χ2v) is 6.58. The molecule has 1 aliphatic rings. The topological polar surface area (TPSA) is 52.7 Å². The smallest absolute Gasteiger partial charge is 0.258 e. The van der Waals surface area contributed by atoms with Gasteiger partial charge in [-0.25, -0.2) is 0 Å². The highest BCUT2D eigenvalue weighted by atomic mass is 16.2. The maximum absolute atomic E-state index is 12.7. The van der Waals surface area contributed by atoms with Gasteiger partial charge in [0.05, 0.1) is 6.54 Å². The van der Waals surface area contributed by atoms with E-state index in [2.05, 4.69) is 5.32 Å². The quantitative estimate of drug-likeness (QED) is 0.898. The fourth-order valence-corrected chi connectivity index (χ4v) is 3.16. The Morgan fingerprint density at radius 3 is 2.46 bits per heavy atom. The number of rotatable bonds is 5. The Morgan fingerprint density at radius 2 is 1.73 bits per heavy atom. The fraction of sp³-hybridized carbons (Fsp3) is 0.333. The van der Waals surface area contributed by atoms with Gasteiger partial charge in [0, 0.05) is 37.1 Å². The number of hydrogen-bond acceptors (Lipinski definition) is 3. The number of hydrogen-bond donors (Lipinski definition) is 1. The van der Waals surface area contributed by atoms with E-state index in [1.807, 2.05) is 47.4 Å². The molecule has 2 aromatic rings. The SMILES string of the molecule is CN(C(=O)c1cccc(NCC(=O)N2CCCCC2)c1)c1ccccc1. The average Bonchev–Trinajstić information content (AvgIpc) is 2.72. The van der Waals surface area contributed by atoms with E-state index in [-0.39, 0.29) is 18.4 Å². The molecular weight excluding hydrogens is 326 g/mol. The first-order chi connectivity index (χ1) is 12.6. The molecule has 1 N–H and O–H groups in total. The van der Waals surface area contributed by atoms with Gasteiger partial charge in [0.1, 0.15) is 0 Å². The van der Waals surface area contributed by atoms with Gasteiger partial charge in [0.15, 0.2) is 0 Å². The van der Waals surface area contributed by atoms with Gasteiger partial charge in [-0.15, -0.1) is 0 Å². The maximum Gasteiger partial charge on any atom is 0.258 e. The Bertz CT molecular complexity index is 755. The van der Waals surface area contributed by atoms with E-state index in [1.165, 1.54) is 6.42 Å². The normalized spacial score (nSPS) is 14.0. The molecule has 0 spiro atoms. The van der Waals surface area contributed by atoms with Crippen molar-refractivity contribution in [3.63, 3.8) is 0 Å². The van der Waals surface area contributed by atoms with Crippen LogP contribution < -0.4 is 10.2 Å². The molecule has 0 aromatic heterocycles.